The molecule has 0 saturated heterocycles. The van der Waals surface area contributed by atoms with E-state index in [9.17, 15) is 0 Å². The van der Waals surface area contributed by atoms with Gasteiger partial charge < -0.3 is 10.1 Å². The van der Waals surface area contributed by atoms with Crippen LogP contribution in [0.2, 0.25) is 0 Å². The zero-order chi connectivity index (χ0) is 21.2. The molecule has 0 fully saturated rings. The molecule has 10 nitrogen and oxygen atoms in total. The van der Waals surface area contributed by atoms with Crippen molar-refractivity contribution in [2.45, 2.75) is 6.54 Å². The predicted molar refractivity (Wildman–Crippen MR) is 114 cm³/mol. The Morgan fingerprint density at radius 3 is 2.65 bits per heavy atom. The van der Waals surface area contributed by atoms with E-state index in [0.717, 1.165) is 39.7 Å². The van der Waals surface area contributed by atoms with Crippen molar-refractivity contribution in [1.82, 2.24) is 39.3 Å². The first kappa shape index (κ1) is 18.7. The molecular weight excluding hydrogens is 394 g/mol. The number of hydrogen-bond acceptors (Lipinski definition) is 8. The van der Waals surface area contributed by atoms with Gasteiger partial charge in [0.2, 0.25) is 0 Å². The zero-order valence-electron chi connectivity index (χ0n) is 17.0. The first-order valence-electron chi connectivity index (χ1n) is 9.58. The lowest BCUT2D eigenvalue weighted by Gasteiger charge is -2.08. The molecule has 5 rings (SSSR count). The van der Waals surface area contributed by atoms with Crippen LogP contribution in [-0.2, 0) is 13.6 Å². The molecule has 154 valence electrons. The molecule has 0 aliphatic rings. The van der Waals surface area contributed by atoms with Crippen molar-refractivity contribution in [2.75, 3.05) is 12.4 Å². The van der Waals surface area contributed by atoms with E-state index in [2.05, 4.69) is 35.5 Å². The first-order valence-corrected chi connectivity index (χ1v) is 9.58. The molecule has 1 N–H and O–H groups in total. The first-order chi connectivity index (χ1) is 15.2. The van der Waals surface area contributed by atoms with Crippen LogP contribution < -0.4 is 10.1 Å². The van der Waals surface area contributed by atoms with Gasteiger partial charge >= 0.3 is 0 Å². The summed E-state index contributed by atoms with van der Waals surface area (Å²) in [5, 5.41) is 11.7. The van der Waals surface area contributed by atoms with Crippen molar-refractivity contribution < 1.29 is 4.74 Å². The highest BCUT2D eigenvalue weighted by atomic mass is 16.5. The second-order valence-corrected chi connectivity index (χ2v) is 6.85. The molecule has 0 radical (unpaired) electrons. The van der Waals surface area contributed by atoms with Gasteiger partial charge in [0.05, 0.1) is 36.6 Å². The topological polar surface area (TPSA) is 108 Å². The molecule has 0 aromatic carbocycles. The van der Waals surface area contributed by atoms with E-state index in [0.29, 0.717) is 12.4 Å². The Balaban J connectivity index is 1.32. The van der Waals surface area contributed by atoms with Gasteiger partial charge in [0.15, 0.2) is 0 Å². The van der Waals surface area contributed by atoms with Gasteiger partial charge in [-0.1, -0.05) is 6.07 Å². The maximum absolute atomic E-state index is 5.26. The van der Waals surface area contributed by atoms with E-state index in [-0.39, 0.29) is 0 Å². The summed E-state index contributed by atoms with van der Waals surface area (Å²) < 4.78 is 7.22. The number of nitrogens with zero attached hydrogens (tertiary/aromatic N) is 8. The maximum Gasteiger partial charge on any atom is 0.140 e. The number of nitrogens with one attached hydrogen (secondary N) is 1. The minimum Gasteiger partial charge on any atom is -0.497 e. The molecule has 0 saturated carbocycles. The van der Waals surface area contributed by atoms with Crippen LogP contribution in [0.4, 0.5) is 5.82 Å². The smallest absolute Gasteiger partial charge is 0.140 e. The Bertz CT molecular complexity index is 1340. The van der Waals surface area contributed by atoms with Crippen LogP contribution in [0, 0.1) is 0 Å². The van der Waals surface area contributed by atoms with Crippen LogP contribution in [0.15, 0.2) is 61.4 Å². The number of anilines is 1. The SMILES string of the molecule is COc1ccn2c(-c3cc(NCc4ccc(-c5cnn(C)n5)nc4)ncn3)cnc2c1. The lowest BCUT2D eigenvalue weighted by atomic mass is 10.2. The number of aryl methyl sites for hydroxylation is 1. The predicted octanol–water partition coefficient (Wildman–Crippen LogP) is 2.60. The molecule has 0 atom stereocenters. The highest BCUT2D eigenvalue weighted by Crippen LogP contribution is 2.23. The van der Waals surface area contributed by atoms with Gasteiger partial charge in [0.1, 0.15) is 29.2 Å². The molecule has 10 heteroatoms. The lowest BCUT2D eigenvalue weighted by molar-refractivity contribution is 0.414. The Hall–Kier alpha value is -4.34. The fourth-order valence-electron chi connectivity index (χ4n) is 3.21. The minimum atomic E-state index is 0.578. The maximum atomic E-state index is 5.26. The van der Waals surface area contributed by atoms with E-state index in [4.69, 9.17) is 4.74 Å². The van der Waals surface area contributed by atoms with Gasteiger partial charge in [0.25, 0.3) is 0 Å². The van der Waals surface area contributed by atoms with Gasteiger partial charge in [0, 0.05) is 38.1 Å². The van der Waals surface area contributed by atoms with Gasteiger partial charge in [-0.2, -0.15) is 15.0 Å². The van der Waals surface area contributed by atoms with E-state index >= 15 is 0 Å². The van der Waals surface area contributed by atoms with Crippen LogP contribution in [-0.4, -0.2) is 46.4 Å². The van der Waals surface area contributed by atoms with E-state index < -0.39 is 0 Å². The lowest BCUT2D eigenvalue weighted by Crippen LogP contribution is -2.03. The normalized spacial score (nSPS) is 11.0. The number of imidazole rings is 1. The summed E-state index contributed by atoms with van der Waals surface area (Å²) in [5.41, 5.74) is 4.98. The monoisotopic (exact) mass is 413 g/mol. The summed E-state index contributed by atoms with van der Waals surface area (Å²) in [6, 6.07) is 9.59. The number of ether oxygens (including phenoxy) is 1. The Labute approximate surface area is 177 Å². The van der Waals surface area contributed by atoms with Crippen molar-refractivity contribution in [2.24, 2.45) is 7.05 Å². The third kappa shape index (κ3) is 3.78. The number of rotatable bonds is 6. The Morgan fingerprint density at radius 1 is 0.935 bits per heavy atom. The number of hydrogen-bond donors (Lipinski definition) is 1. The summed E-state index contributed by atoms with van der Waals surface area (Å²) in [5.74, 6) is 1.47. The van der Waals surface area contributed by atoms with Crippen molar-refractivity contribution >= 4 is 11.5 Å². The quantitative estimate of drug-likeness (QED) is 0.453. The summed E-state index contributed by atoms with van der Waals surface area (Å²) in [6.45, 7) is 0.578. The summed E-state index contributed by atoms with van der Waals surface area (Å²) in [6.07, 6.45) is 8.75. The third-order valence-corrected chi connectivity index (χ3v) is 4.81. The third-order valence-electron chi connectivity index (χ3n) is 4.81. The molecule has 0 bridgehead atoms. The molecule has 31 heavy (non-hydrogen) atoms. The number of methoxy groups -OCH3 is 1. The van der Waals surface area contributed by atoms with Crippen LogP contribution in [0.25, 0.3) is 28.4 Å². The fraction of sp³-hybridized carbons (Fsp3) is 0.143. The minimum absolute atomic E-state index is 0.578. The number of pyridine rings is 2. The van der Waals surface area contributed by atoms with Crippen molar-refractivity contribution in [3.63, 3.8) is 0 Å². The highest BCUT2D eigenvalue weighted by Gasteiger charge is 2.10. The average Bonchev–Trinajstić information content (AvgIpc) is 3.44. The Kier molecular flexibility index (Phi) is 4.71. The molecule has 5 aromatic rings. The number of fused-ring (bicyclic) bond motifs is 1. The molecular formula is C21H19N9O. The molecule has 5 heterocycles. The van der Waals surface area contributed by atoms with Gasteiger partial charge in [-0.3, -0.25) is 9.38 Å². The molecule has 5 aromatic heterocycles. The van der Waals surface area contributed by atoms with Crippen LogP contribution in [0.3, 0.4) is 0 Å². The van der Waals surface area contributed by atoms with Crippen molar-refractivity contribution in [1.29, 1.82) is 0 Å². The molecule has 0 spiro atoms. The highest BCUT2D eigenvalue weighted by molar-refractivity contribution is 5.63. The van der Waals surface area contributed by atoms with Crippen LogP contribution in [0.5, 0.6) is 5.75 Å². The summed E-state index contributed by atoms with van der Waals surface area (Å²) in [7, 11) is 3.41. The summed E-state index contributed by atoms with van der Waals surface area (Å²) >= 11 is 0. The molecule has 0 amide bonds. The molecule has 0 unspecified atom stereocenters. The van der Waals surface area contributed by atoms with Gasteiger partial charge in [-0.15, -0.1) is 0 Å². The molecule has 0 aliphatic carbocycles. The zero-order valence-corrected chi connectivity index (χ0v) is 17.0. The average molecular weight is 413 g/mol. The van der Waals surface area contributed by atoms with E-state index in [1.807, 2.05) is 47.1 Å². The second kappa shape index (κ2) is 7.82. The van der Waals surface area contributed by atoms with Gasteiger partial charge in [-0.05, 0) is 17.7 Å². The van der Waals surface area contributed by atoms with E-state index in [1.54, 1.807) is 26.6 Å². The summed E-state index contributed by atoms with van der Waals surface area (Å²) in [4.78, 5) is 19.2. The second-order valence-electron chi connectivity index (χ2n) is 6.85. The van der Waals surface area contributed by atoms with Crippen molar-refractivity contribution in [3.05, 3.63) is 67.0 Å². The van der Waals surface area contributed by atoms with Gasteiger partial charge in [-0.25, -0.2) is 15.0 Å². The Morgan fingerprint density at radius 2 is 1.87 bits per heavy atom. The standard InChI is InChI=1S/C21H19N9O/c1-29-27-11-18(28-29)16-4-3-14(9-22-16)10-23-20-8-17(25-13-26-20)19-12-24-21-7-15(31-2)5-6-30(19)21/h3-9,11-13H,10H2,1-2H3,(H,23,25,26). The largest absolute Gasteiger partial charge is 0.497 e. The number of aromatic nitrogens is 8. The van der Waals surface area contributed by atoms with Crippen molar-refractivity contribution in [3.8, 4) is 28.5 Å². The van der Waals surface area contributed by atoms with Crippen LogP contribution >= 0.6 is 0 Å². The molecule has 0 aliphatic heterocycles. The van der Waals surface area contributed by atoms with E-state index in [1.165, 1.54) is 11.1 Å². The fourth-order valence-corrected chi connectivity index (χ4v) is 3.21. The van der Waals surface area contributed by atoms with Crippen LogP contribution in [0.1, 0.15) is 5.56 Å².